The van der Waals surface area contributed by atoms with Gasteiger partial charge in [0, 0.05) is 12.6 Å². The molecule has 5 nitrogen and oxygen atoms in total. The smallest absolute Gasteiger partial charge is 0.393 e. The normalized spacial score (nSPS) is 15.5. The summed E-state index contributed by atoms with van der Waals surface area (Å²) in [4.78, 5) is 4.22. The predicted molar refractivity (Wildman–Crippen MR) is 62.9 cm³/mol. The van der Waals surface area contributed by atoms with Crippen LogP contribution in [-0.4, -0.2) is 30.3 Å². The lowest BCUT2D eigenvalue weighted by atomic mass is 10.5. The number of aromatic nitrogens is 1. The molecule has 0 saturated heterocycles. The summed E-state index contributed by atoms with van der Waals surface area (Å²) >= 11 is 0. The van der Waals surface area contributed by atoms with Crippen LogP contribution in [0.25, 0.3) is 0 Å². The molecular weight excluding hydrogens is 220 g/mol. The minimum absolute atomic E-state index is 0.224. The van der Waals surface area contributed by atoms with Crippen molar-refractivity contribution in [3.05, 3.63) is 12.0 Å². The second kappa shape index (κ2) is 6.02. The summed E-state index contributed by atoms with van der Waals surface area (Å²) in [5.41, 5.74) is 0.886. The number of oxazole rings is 1. The lowest BCUT2D eigenvalue weighted by Crippen LogP contribution is -2.15. The molecule has 2 rings (SSSR count). The molecule has 1 aromatic heterocycles. The fraction of sp³-hybridized carbons (Fsp3) is 0.750. The van der Waals surface area contributed by atoms with Crippen LogP contribution in [0.4, 0.5) is 0 Å². The molecule has 1 N–H and O–H groups in total. The minimum Gasteiger partial charge on any atom is -0.448 e. The highest BCUT2D eigenvalue weighted by atomic mass is 16.6. The molecular formula is C12H20N2O3. The first kappa shape index (κ1) is 12.4. The topological polar surface area (TPSA) is 56.5 Å². The first-order chi connectivity index (χ1) is 8.24. The molecule has 0 radical (unpaired) electrons. The summed E-state index contributed by atoms with van der Waals surface area (Å²) < 4.78 is 15.9. The molecule has 0 unspecified atom stereocenters. The summed E-state index contributed by atoms with van der Waals surface area (Å²) in [6.07, 6.45) is 4.72. The maximum absolute atomic E-state index is 5.35. The second-order valence-corrected chi connectivity index (χ2v) is 4.53. The van der Waals surface area contributed by atoms with E-state index in [1.54, 1.807) is 6.26 Å². The zero-order chi connectivity index (χ0) is 12.1. The van der Waals surface area contributed by atoms with Crippen LogP contribution in [-0.2, 0) is 11.3 Å². The van der Waals surface area contributed by atoms with E-state index in [0.717, 1.165) is 12.2 Å². The number of rotatable bonds is 8. The second-order valence-electron chi connectivity index (χ2n) is 4.53. The molecule has 17 heavy (non-hydrogen) atoms. The van der Waals surface area contributed by atoms with Crippen LogP contribution in [0.1, 0.15) is 32.4 Å². The van der Waals surface area contributed by atoms with E-state index >= 15 is 0 Å². The van der Waals surface area contributed by atoms with Gasteiger partial charge in [-0.2, -0.15) is 4.98 Å². The van der Waals surface area contributed by atoms with Gasteiger partial charge in [-0.05, 0) is 26.7 Å². The van der Waals surface area contributed by atoms with E-state index in [4.69, 9.17) is 13.9 Å². The molecule has 0 aliphatic heterocycles. The Kier molecular flexibility index (Phi) is 4.39. The quantitative estimate of drug-likeness (QED) is 0.701. The Morgan fingerprint density at radius 1 is 1.47 bits per heavy atom. The SMILES string of the molecule is CC(C)OCCOc1nc(CNC2CC2)co1. The van der Waals surface area contributed by atoms with Crippen molar-refractivity contribution >= 4 is 0 Å². The van der Waals surface area contributed by atoms with Crippen molar-refractivity contribution in [3.63, 3.8) is 0 Å². The van der Waals surface area contributed by atoms with Crippen LogP contribution in [0.3, 0.4) is 0 Å². The standard InChI is InChI=1S/C12H20N2O3/c1-9(2)15-5-6-16-12-14-11(8-17-12)7-13-10-3-4-10/h8-10,13H,3-7H2,1-2H3. The fourth-order valence-corrected chi connectivity index (χ4v) is 1.39. The molecule has 5 heteroatoms. The molecule has 1 fully saturated rings. The predicted octanol–water partition coefficient (Wildman–Crippen LogP) is 1.73. The van der Waals surface area contributed by atoms with Gasteiger partial charge < -0.3 is 19.2 Å². The molecule has 1 aromatic rings. The van der Waals surface area contributed by atoms with Gasteiger partial charge in [0.05, 0.1) is 18.4 Å². The first-order valence-electron chi connectivity index (χ1n) is 6.16. The van der Waals surface area contributed by atoms with Crippen molar-refractivity contribution in [2.75, 3.05) is 13.2 Å². The number of nitrogens with zero attached hydrogens (tertiary/aromatic N) is 1. The van der Waals surface area contributed by atoms with Gasteiger partial charge >= 0.3 is 6.08 Å². The molecule has 0 spiro atoms. The Labute approximate surface area is 102 Å². The molecule has 1 aliphatic rings. The number of hydrogen-bond donors (Lipinski definition) is 1. The van der Waals surface area contributed by atoms with Crippen LogP contribution in [0.2, 0.25) is 0 Å². The largest absolute Gasteiger partial charge is 0.448 e. The maximum Gasteiger partial charge on any atom is 0.393 e. The number of hydrogen-bond acceptors (Lipinski definition) is 5. The summed E-state index contributed by atoms with van der Waals surface area (Å²) in [7, 11) is 0. The summed E-state index contributed by atoms with van der Waals surface area (Å²) in [5.74, 6) is 0. The first-order valence-corrected chi connectivity index (χ1v) is 6.16. The van der Waals surface area contributed by atoms with Crippen molar-refractivity contribution < 1.29 is 13.9 Å². The van der Waals surface area contributed by atoms with E-state index < -0.39 is 0 Å². The van der Waals surface area contributed by atoms with Crippen LogP contribution in [0, 0.1) is 0 Å². The Bertz CT molecular complexity index is 334. The van der Waals surface area contributed by atoms with Gasteiger partial charge in [0.2, 0.25) is 0 Å². The van der Waals surface area contributed by atoms with E-state index in [9.17, 15) is 0 Å². The van der Waals surface area contributed by atoms with Crippen LogP contribution in [0.5, 0.6) is 6.08 Å². The van der Waals surface area contributed by atoms with Gasteiger partial charge in [-0.1, -0.05) is 0 Å². The van der Waals surface area contributed by atoms with E-state index in [1.165, 1.54) is 12.8 Å². The van der Waals surface area contributed by atoms with Crippen molar-refractivity contribution in [1.29, 1.82) is 0 Å². The minimum atomic E-state index is 0.224. The molecule has 0 amide bonds. The number of ether oxygens (including phenoxy) is 2. The Morgan fingerprint density at radius 3 is 3.00 bits per heavy atom. The Balaban J connectivity index is 1.62. The van der Waals surface area contributed by atoms with E-state index in [2.05, 4.69) is 10.3 Å². The molecule has 96 valence electrons. The third-order valence-electron chi connectivity index (χ3n) is 2.44. The van der Waals surface area contributed by atoms with Crippen LogP contribution >= 0.6 is 0 Å². The van der Waals surface area contributed by atoms with Gasteiger partial charge in [-0.15, -0.1) is 0 Å². The molecule has 0 atom stereocenters. The third kappa shape index (κ3) is 4.75. The van der Waals surface area contributed by atoms with Gasteiger partial charge in [0.15, 0.2) is 0 Å². The summed E-state index contributed by atoms with van der Waals surface area (Å²) in [6.45, 7) is 5.75. The van der Waals surface area contributed by atoms with Crippen molar-refractivity contribution in [3.8, 4) is 6.08 Å². The monoisotopic (exact) mass is 240 g/mol. The fourth-order valence-electron chi connectivity index (χ4n) is 1.39. The number of nitrogens with one attached hydrogen (secondary N) is 1. The molecule has 0 aromatic carbocycles. The van der Waals surface area contributed by atoms with E-state index in [1.807, 2.05) is 13.8 Å². The van der Waals surface area contributed by atoms with Crippen molar-refractivity contribution in [2.45, 2.75) is 45.4 Å². The Morgan fingerprint density at radius 2 is 2.29 bits per heavy atom. The Hall–Kier alpha value is -1.07. The zero-order valence-electron chi connectivity index (χ0n) is 10.4. The highest BCUT2D eigenvalue weighted by Gasteiger charge is 2.20. The van der Waals surface area contributed by atoms with Crippen LogP contribution < -0.4 is 10.1 Å². The maximum atomic E-state index is 5.35. The van der Waals surface area contributed by atoms with Crippen molar-refractivity contribution in [2.24, 2.45) is 0 Å². The van der Waals surface area contributed by atoms with Gasteiger partial charge in [-0.25, -0.2) is 0 Å². The summed E-state index contributed by atoms with van der Waals surface area (Å²) in [6, 6.07) is 0.676. The molecule has 1 aliphatic carbocycles. The molecule has 1 heterocycles. The lowest BCUT2D eigenvalue weighted by molar-refractivity contribution is 0.0480. The highest BCUT2D eigenvalue weighted by Crippen LogP contribution is 2.19. The van der Waals surface area contributed by atoms with Gasteiger partial charge in [-0.3, -0.25) is 0 Å². The molecule has 1 saturated carbocycles. The zero-order valence-corrected chi connectivity index (χ0v) is 10.4. The molecule has 0 bridgehead atoms. The lowest BCUT2D eigenvalue weighted by Gasteiger charge is -2.06. The third-order valence-corrected chi connectivity index (χ3v) is 2.44. The van der Waals surface area contributed by atoms with Crippen molar-refractivity contribution in [1.82, 2.24) is 10.3 Å². The highest BCUT2D eigenvalue weighted by molar-refractivity contribution is 5.00. The van der Waals surface area contributed by atoms with E-state index in [-0.39, 0.29) is 6.10 Å². The van der Waals surface area contributed by atoms with E-state index in [0.29, 0.717) is 25.3 Å². The average Bonchev–Trinajstić information content (AvgIpc) is 3.01. The summed E-state index contributed by atoms with van der Waals surface area (Å²) in [5, 5.41) is 3.37. The van der Waals surface area contributed by atoms with Gasteiger partial charge in [0.1, 0.15) is 12.9 Å². The van der Waals surface area contributed by atoms with Crippen LogP contribution in [0.15, 0.2) is 10.7 Å². The average molecular weight is 240 g/mol. The van der Waals surface area contributed by atoms with Gasteiger partial charge in [0.25, 0.3) is 0 Å².